The maximum absolute atomic E-state index is 3.21. The standard InChI is InChI=1S/C9H11.K.H/c1-7-4-8(2)6-9(3)5-7;;/h4-5H,1-3H3;;. The van der Waals surface area contributed by atoms with Crippen LogP contribution in [0.25, 0.3) is 0 Å². The van der Waals surface area contributed by atoms with Gasteiger partial charge in [0.15, 0.2) is 0 Å². The molecule has 1 aromatic carbocycles. The minimum absolute atomic E-state index is 0. The van der Waals surface area contributed by atoms with Crippen LogP contribution in [0.4, 0.5) is 0 Å². The molecule has 0 N–H and O–H groups in total. The molecule has 0 bridgehead atoms. The second-order valence-corrected chi connectivity index (χ2v) is 2.52. The van der Waals surface area contributed by atoms with Gasteiger partial charge in [0.1, 0.15) is 0 Å². The van der Waals surface area contributed by atoms with Gasteiger partial charge in [0.05, 0.1) is 0 Å². The molecule has 1 aromatic rings. The maximum atomic E-state index is 3.21. The first-order chi connectivity index (χ1) is 4.18. The number of rotatable bonds is 0. The first-order valence-corrected chi connectivity index (χ1v) is 3.15. The van der Waals surface area contributed by atoms with Crippen LogP contribution in [-0.2, 0) is 0 Å². The molecule has 0 aromatic heterocycles. The van der Waals surface area contributed by atoms with Crippen molar-refractivity contribution in [2.24, 2.45) is 0 Å². The van der Waals surface area contributed by atoms with E-state index in [1.165, 1.54) is 16.7 Å². The van der Waals surface area contributed by atoms with E-state index in [2.05, 4.69) is 39.0 Å². The molecule has 0 unspecified atom stereocenters. The van der Waals surface area contributed by atoms with Crippen LogP contribution in [0.5, 0.6) is 0 Å². The van der Waals surface area contributed by atoms with Crippen molar-refractivity contribution in [3.8, 4) is 0 Å². The normalized spacial score (nSPS) is 8.70. The molecule has 0 saturated heterocycles. The van der Waals surface area contributed by atoms with Crippen LogP contribution in [0.2, 0.25) is 0 Å². The van der Waals surface area contributed by atoms with E-state index in [4.69, 9.17) is 0 Å². The summed E-state index contributed by atoms with van der Waals surface area (Å²) in [6.07, 6.45) is 0. The molecular formula is C9H12K. The Labute approximate surface area is 105 Å². The number of aryl methyl sites for hydroxylation is 3. The van der Waals surface area contributed by atoms with Gasteiger partial charge in [0.25, 0.3) is 0 Å². The third kappa shape index (κ3) is 3.31. The molecule has 0 atom stereocenters. The van der Waals surface area contributed by atoms with E-state index in [-0.39, 0.29) is 51.4 Å². The Morgan fingerprint density at radius 3 is 1.70 bits per heavy atom. The fraction of sp³-hybridized carbons (Fsp3) is 0.333. The molecule has 1 rings (SSSR count). The van der Waals surface area contributed by atoms with E-state index in [9.17, 15) is 0 Å². The van der Waals surface area contributed by atoms with Gasteiger partial charge in [-0.3, -0.25) is 0 Å². The van der Waals surface area contributed by atoms with Gasteiger partial charge in [0.2, 0.25) is 0 Å². The molecule has 0 nitrogen and oxygen atoms in total. The summed E-state index contributed by atoms with van der Waals surface area (Å²) in [6, 6.07) is 7.47. The molecule has 0 heterocycles. The van der Waals surface area contributed by atoms with Crippen LogP contribution in [0, 0.1) is 26.8 Å². The molecule has 0 saturated carbocycles. The molecule has 0 amide bonds. The zero-order valence-corrected chi connectivity index (χ0v) is 6.15. The van der Waals surface area contributed by atoms with Crippen LogP contribution in [0.15, 0.2) is 12.1 Å². The Balaban J connectivity index is 0.000000810. The summed E-state index contributed by atoms with van der Waals surface area (Å²) in [5, 5.41) is 0. The third-order valence-corrected chi connectivity index (χ3v) is 1.28. The molecule has 0 spiro atoms. The van der Waals surface area contributed by atoms with Crippen molar-refractivity contribution in [1.82, 2.24) is 0 Å². The summed E-state index contributed by atoms with van der Waals surface area (Å²) in [7, 11) is 0. The van der Waals surface area contributed by atoms with Gasteiger partial charge >= 0.3 is 51.4 Å². The Bertz CT molecular complexity index is 165. The van der Waals surface area contributed by atoms with E-state index in [0.29, 0.717) is 0 Å². The van der Waals surface area contributed by atoms with Crippen molar-refractivity contribution in [2.75, 3.05) is 0 Å². The molecule has 0 aliphatic carbocycles. The number of hydrogen-bond acceptors (Lipinski definition) is 0. The molecule has 1 heteroatoms. The Morgan fingerprint density at radius 1 is 1.00 bits per heavy atom. The molecular weight excluding hydrogens is 147 g/mol. The van der Waals surface area contributed by atoms with Crippen LogP contribution in [0.3, 0.4) is 0 Å². The van der Waals surface area contributed by atoms with E-state index in [1.807, 2.05) is 0 Å². The Morgan fingerprint density at radius 2 is 1.40 bits per heavy atom. The number of hydrogen-bond donors (Lipinski definition) is 0. The van der Waals surface area contributed by atoms with Gasteiger partial charge in [0, 0.05) is 0 Å². The topological polar surface area (TPSA) is 0 Å². The predicted molar refractivity (Wildman–Crippen MR) is 46.6 cm³/mol. The van der Waals surface area contributed by atoms with E-state index in [0.717, 1.165) is 0 Å². The van der Waals surface area contributed by atoms with E-state index < -0.39 is 0 Å². The average Bonchev–Trinajstić information content (AvgIpc) is 1.59. The summed E-state index contributed by atoms with van der Waals surface area (Å²) in [5.41, 5.74) is 3.78. The Kier molecular flexibility index (Phi) is 5.08. The Hall–Kier alpha value is 0.856. The monoisotopic (exact) mass is 159 g/mol. The van der Waals surface area contributed by atoms with Crippen molar-refractivity contribution in [2.45, 2.75) is 20.8 Å². The van der Waals surface area contributed by atoms with Crippen LogP contribution in [-0.4, -0.2) is 51.4 Å². The molecule has 49 valence electrons. The average molecular weight is 159 g/mol. The van der Waals surface area contributed by atoms with Gasteiger partial charge in [-0.2, -0.15) is 0 Å². The van der Waals surface area contributed by atoms with Gasteiger partial charge in [-0.1, -0.05) is 17.7 Å². The summed E-state index contributed by atoms with van der Waals surface area (Å²) in [4.78, 5) is 0. The number of benzene rings is 1. The SMILES string of the molecule is Cc1[c]c(C)cc(C)c1.[KH]. The van der Waals surface area contributed by atoms with Crippen LogP contribution < -0.4 is 0 Å². The summed E-state index contributed by atoms with van der Waals surface area (Å²) in [5.74, 6) is 0. The van der Waals surface area contributed by atoms with Crippen LogP contribution >= 0.6 is 0 Å². The molecule has 0 aliphatic heterocycles. The van der Waals surface area contributed by atoms with Gasteiger partial charge < -0.3 is 0 Å². The van der Waals surface area contributed by atoms with E-state index in [1.54, 1.807) is 0 Å². The molecule has 1 radical (unpaired) electrons. The quantitative estimate of drug-likeness (QED) is 0.506. The summed E-state index contributed by atoms with van der Waals surface area (Å²) >= 11 is 0. The zero-order chi connectivity index (χ0) is 6.85. The van der Waals surface area contributed by atoms with Gasteiger partial charge in [-0.25, -0.2) is 0 Å². The van der Waals surface area contributed by atoms with E-state index >= 15 is 0 Å². The summed E-state index contributed by atoms with van der Waals surface area (Å²) in [6.45, 7) is 6.24. The minimum atomic E-state index is 0. The molecule has 0 fully saturated rings. The predicted octanol–water partition coefficient (Wildman–Crippen LogP) is 1.76. The first-order valence-electron chi connectivity index (χ1n) is 3.15. The third-order valence-electron chi connectivity index (χ3n) is 1.28. The van der Waals surface area contributed by atoms with Crippen molar-refractivity contribution < 1.29 is 0 Å². The second-order valence-electron chi connectivity index (χ2n) is 2.52. The van der Waals surface area contributed by atoms with Crippen molar-refractivity contribution in [3.63, 3.8) is 0 Å². The molecule has 10 heavy (non-hydrogen) atoms. The first kappa shape index (κ1) is 10.9. The fourth-order valence-electron chi connectivity index (χ4n) is 1.11. The van der Waals surface area contributed by atoms with Crippen molar-refractivity contribution >= 4 is 51.4 Å². The zero-order valence-electron chi connectivity index (χ0n) is 6.15. The second kappa shape index (κ2) is 4.68. The van der Waals surface area contributed by atoms with Gasteiger partial charge in [-0.05, 0) is 38.0 Å². The summed E-state index contributed by atoms with van der Waals surface area (Å²) < 4.78 is 0. The van der Waals surface area contributed by atoms with Gasteiger partial charge in [-0.15, -0.1) is 0 Å². The molecule has 0 aliphatic rings. The van der Waals surface area contributed by atoms with Crippen molar-refractivity contribution in [3.05, 3.63) is 34.9 Å². The van der Waals surface area contributed by atoms with Crippen molar-refractivity contribution in [1.29, 1.82) is 0 Å². The van der Waals surface area contributed by atoms with Crippen LogP contribution in [0.1, 0.15) is 16.7 Å². The fourth-order valence-corrected chi connectivity index (χ4v) is 1.11.